The molecule has 140 valence electrons. The van der Waals surface area contributed by atoms with Gasteiger partial charge in [-0.15, -0.1) is 0 Å². The molecule has 1 amide bonds. The second kappa shape index (κ2) is 7.64. The molecule has 0 saturated carbocycles. The van der Waals surface area contributed by atoms with Crippen LogP contribution in [0.2, 0.25) is 0 Å². The maximum absolute atomic E-state index is 12.8. The summed E-state index contributed by atoms with van der Waals surface area (Å²) < 4.78 is 0. The predicted octanol–water partition coefficient (Wildman–Crippen LogP) is 4.67. The van der Waals surface area contributed by atoms with Crippen molar-refractivity contribution in [2.45, 2.75) is 32.6 Å². The van der Waals surface area contributed by atoms with Gasteiger partial charge in [-0.1, -0.05) is 37.3 Å². The fourth-order valence-electron chi connectivity index (χ4n) is 3.45. The summed E-state index contributed by atoms with van der Waals surface area (Å²) in [5.41, 5.74) is 3.07. The standard InChI is InChI=1S/C21H24N4OS/c1-14(2)15-7-9-17(10-8-15)23-19(26)16-5-4-12-25(13-16)21-24-18-6-3-11-22-20(18)27-21/h3,6-11,14,16H,4-5,12-13H2,1-2H3,(H,23,26). The number of pyridine rings is 1. The summed E-state index contributed by atoms with van der Waals surface area (Å²) in [5, 5.41) is 4.04. The van der Waals surface area contributed by atoms with Gasteiger partial charge in [-0.05, 0) is 48.6 Å². The van der Waals surface area contributed by atoms with Crippen molar-refractivity contribution in [2.75, 3.05) is 23.3 Å². The molecule has 1 N–H and O–H groups in total. The molecular formula is C21H24N4OS. The van der Waals surface area contributed by atoms with Crippen molar-refractivity contribution in [2.24, 2.45) is 5.92 Å². The van der Waals surface area contributed by atoms with Crippen molar-refractivity contribution in [3.05, 3.63) is 48.2 Å². The van der Waals surface area contributed by atoms with Crippen LogP contribution in [0.5, 0.6) is 0 Å². The molecule has 0 aliphatic carbocycles. The van der Waals surface area contributed by atoms with E-state index in [1.165, 1.54) is 5.56 Å². The van der Waals surface area contributed by atoms with Gasteiger partial charge >= 0.3 is 0 Å². The molecule has 1 aliphatic rings. The number of nitrogens with zero attached hydrogens (tertiary/aromatic N) is 3. The Bertz CT molecular complexity index is 902. The molecular weight excluding hydrogens is 356 g/mol. The monoisotopic (exact) mass is 380 g/mol. The largest absolute Gasteiger partial charge is 0.347 e. The molecule has 0 bridgehead atoms. The van der Waals surface area contributed by atoms with Crippen LogP contribution in [0.4, 0.5) is 10.8 Å². The number of benzene rings is 1. The van der Waals surface area contributed by atoms with Crippen LogP contribution in [0.25, 0.3) is 10.3 Å². The molecule has 3 heterocycles. The molecule has 1 fully saturated rings. The van der Waals surface area contributed by atoms with Crippen molar-refractivity contribution in [1.82, 2.24) is 9.97 Å². The average molecular weight is 381 g/mol. The molecule has 27 heavy (non-hydrogen) atoms. The number of hydrogen-bond acceptors (Lipinski definition) is 5. The Morgan fingerprint density at radius 2 is 2.07 bits per heavy atom. The molecule has 0 spiro atoms. The summed E-state index contributed by atoms with van der Waals surface area (Å²) in [6, 6.07) is 12.0. The number of rotatable bonds is 4. The lowest BCUT2D eigenvalue weighted by atomic mass is 9.97. The topological polar surface area (TPSA) is 58.1 Å². The number of hydrogen-bond donors (Lipinski definition) is 1. The molecule has 1 saturated heterocycles. The highest BCUT2D eigenvalue weighted by atomic mass is 32.1. The van der Waals surface area contributed by atoms with Gasteiger partial charge in [0.15, 0.2) is 5.13 Å². The van der Waals surface area contributed by atoms with Crippen molar-refractivity contribution >= 4 is 38.4 Å². The smallest absolute Gasteiger partial charge is 0.229 e. The lowest BCUT2D eigenvalue weighted by molar-refractivity contribution is -0.120. The molecule has 4 rings (SSSR count). The van der Waals surface area contributed by atoms with Gasteiger partial charge in [-0.2, -0.15) is 0 Å². The number of carbonyl (C=O) groups is 1. The maximum atomic E-state index is 12.8. The average Bonchev–Trinajstić information content (AvgIpc) is 3.13. The lowest BCUT2D eigenvalue weighted by Gasteiger charge is -2.31. The zero-order valence-electron chi connectivity index (χ0n) is 15.7. The summed E-state index contributed by atoms with van der Waals surface area (Å²) in [4.78, 5) is 25.0. The third-order valence-corrected chi connectivity index (χ3v) is 6.10. The van der Waals surface area contributed by atoms with E-state index in [0.29, 0.717) is 12.5 Å². The second-order valence-corrected chi connectivity index (χ2v) is 8.33. The number of piperidine rings is 1. The Labute approximate surface area is 163 Å². The summed E-state index contributed by atoms with van der Waals surface area (Å²) in [5.74, 6) is 0.560. The van der Waals surface area contributed by atoms with E-state index in [1.807, 2.05) is 24.3 Å². The lowest BCUT2D eigenvalue weighted by Crippen LogP contribution is -2.40. The van der Waals surface area contributed by atoms with Gasteiger partial charge in [0.2, 0.25) is 5.91 Å². The number of aromatic nitrogens is 2. The van der Waals surface area contributed by atoms with Gasteiger partial charge in [-0.3, -0.25) is 4.79 Å². The minimum Gasteiger partial charge on any atom is -0.347 e. The number of anilines is 2. The van der Waals surface area contributed by atoms with Crippen molar-refractivity contribution < 1.29 is 4.79 Å². The van der Waals surface area contributed by atoms with E-state index in [2.05, 4.69) is 41.2 Å². The molecule has 1 aliphatic heterocycles. The van der Waals surface area contributed by atoms with E-state index in [1.54, 1.807) is 17.5 Å². The van der Waals surface area contributed by atoms with Crippen LogP contribution >= 0.6 is 11.3 Å². The zero-order valence-corrected chi connectivity index (χ0v) is 16.5. The minimum absolute atomic E-state index is 0.0245. The first-order valence-corrected chi connectivity index (χ1v) is 10.3. The Balaban J connectivity index is 1.43. The van der Waals surface area contributed by atoms with E-state index < -0.39 is 0 Å². The fourth-order valence-corrected chi connectivity index (χ4v) is 4.40. The van der Waals surface area contributed by atoms with Crippen molar-refractivity contribution in [1.29, 1.82) is 0 Å². The molecule has 5 nitrogen and oxygen atoms in total. The number of thiazole rings is 1. The molecule has 2 aromatic heterocycles. The summed E-state index contributed by atoms with van der Waals surface area (Å²) >= 11 is 1.60. The highest BCUT2D eigenvalue weighted by Gasteiger charge is 2.27. The number of carbonyl (C=O) groups excluding carboxylic acids is 1. The Morgan fingerprint density at radius 1 is 1.26 bits per heavy atom. The first-order chi connectivity index (χ1) is 13.1. The molecule has 0 radical (unpaired) electrons. The van der Waals surface area contributed by atoms with Crippen LogP contribution < -0.4 is 10.2 Å². The van der Waals surface area contributed by atoms with E-state index in [0.717, 1.165) is 40.6 Å². The van der Waals surface area contributed by atoms with E-state index >= 15 is 0 Å². The number of nitrogens with one attached hydrogen (secondary N) is 1. The quantitative estimate of drug-likeness (QED) is 0.715. The van der Waals surface area contributed by atoms with Gasteiger partial charge in [0, 0.05) is 25.0 Å². The highest BCUT2D eigenvalue weighted by molar-refractivity contribution is 7.21. The zero-order chi connectivity index (χ0) is 18.8. The van der Waals surface area contributed by atoms with Gasteiger partial charge < -0.3 is 10.2 Å². The Kier molecular flexibility index (Phi) is 5.07. The Morgan fingerprint density at radius 3 is 2.81 bits per heavy atom. The number of fused-ring (bicyclic) bond motifs is 1. The van der Waals surface area contributed by atoms with Crippen molar-refractivity contribution in [3.8, 4) is 0 Å². The summed E-state index contributed by atoms with van der Waals surface area (Å²) in [6.45, 7) is 5.98. The first kappa shape index (κ1) is 17.9. The van der Waals surface area contributed by atoms with Crippen LogP contribution in [0.3, 0.4) is 0 Å². The van der Waals surface area contributed by atoms with E-state index in [-0.39, 0.29) is 11.8 Å². The van der Waals surface area contributed by atoms with Crippen LogP contribution in [0.1, 0.15) is 38.2 Å². The molecule has 1 unspecified atom stereocenters. The third-order valence-electron chi connectivity index (χ3n) is 5.06. The predicted molar refractivity (Wildman–Crippen MR) is 112 cm³/mol. The normalized spacial score (nSPS) is 17.4. The fraction of sp³-hybridized carbons (Fsp3) is 0.381. The summed E-state index contributed by atoms with van der Waals surface area (Å²) in [7, 11) is 0. The van der Waals surface area contributed by atoms with Gasteiger partial charge in [0.25, 0.3) is 0 Å². The molecule has 1 atom stereocenters. The Hall–Kier alpha value is -2.47. The van der Waals surface area contributed by atoms with Gasteiger partial charge in [0.1, 0.15) is 10.3 Å². The van der Waals surface area contributed by atoms with E-state index in [4.69, 9.17) is 4.98 Å². The number of amides is 1. The SMILES string of the molecule is CC(C)c1ccc(NC(=O)C2CCCN(c3nc4cccnc4s3)C2)cc1. The van der Waals surface area contributed by atoms with Gasteiger partial charge in [0.05, 0.1) is 5.92 Å². The highest BCUT2D eigenvalue weighted by Crippen LogP contribution is 2.30. The molecule has 1 aromatic carbocycles. The first-order valence-electron chi connectivity index (χ1n) is 9.47. The van der Waals surface area contributed by atoms with Crippen LogP contribution in [0.15, 0.2) is 42.6 Å². The minimum atomic E-state index is -0.0245. The maximum Gasteiger partial charge on any atom is 0.229 e. The molecule has 6 heteroatoms. The van der Waals surface area contributed by atoms with Gasteiger partial charge in [-0.25, -0.2) is 9.97 Å². The van der Waals surface area contributed by atoms with Crippen molar-refractivity contribution in [3.63, 3.8) is 0 Å². The summed E-state index contributed by atoms with van der Waals surface area (Å²) in [6.07, 6.45) is 3.70. The van der Waals surface area contributed by atoms with Crippen LogP contribution in [0, 0.1) is 5.92 Å². The molecule has 3 aromatic rings. The van der Waals surface area contributed by atoms with E-state index in [9.17, 15) is 4.79 Å². The second-order valence-electron chi connectivity index (χ2n) is 7.38. The van der Waals surface area contributed by atoms with Crippen LogP contribution in [-0.2, 0) is 4.79 Å². The third kappa shape index (κ3) is 3.95. The van der Waals surface area contributed by atoms with Crippen LogP contribution in [-0.4, -0.2) is 29.0 Å².